The van der Waals surface area contributed by atoms with Gasteiger partial charge in [-0.15, -0.1) is 12.4 Å². The summed E-state index contributed by atoms with van der Waals surface area (Å²) in [5.41, 5.74) is 3.93. The highest BCUT2D eigenvalue weighted by molar-refractivity contribution is 5.85. The number of nitrogens with zero attached hydrogens (tertiary/aromatic N) is 2. The topological polar surface area (TPSA) is 28.2 Å². The van der Waals surface area contributed by atoms with Crippen LogP contribution in [0.2, 0.25) is 0 Å². The standard InChI is InChI=1S/C21H23N3.CH4.ClH/c1-16-2-4-17(5-3-16)14-24-11-9-21(15-24)23-20-7-6-19-13-22-10-8-18(19)12-20;;/h2-8,10,12-13,21,23H,9,11,14-15H2,1H3;1H4;1H/t21-;;/m1../s1. The number of aryl methyl sites for hydroxylation is 1. The molecule has 2 heterocycles. The molecule has 1 fully saturated rings. The first-order valence-electron chi connectivity index (χ1n) is 8.64. The molecule has 26 heavy (non-hydrogen) atoms. The number of likely N-dealkylation sites (tertiary alicyclic amines) is 1. The Hall–Kier alpha value is -2.10. The number of anilines is 1. The van der Waals surface area contributed by atoms with Gasteiger partial charge in [-0.05, 0) is 42.5 Å². The molecule has 0 unspecified atom stereocenters. The molecule has 0 spiro atoms. The molecule has 0 bridgehead atoms. The average Bonchev–Trinajstić information content (AvgIpc) is 3.04. The van der Waals surface area contributed by atoms with Gasteiger partial charge in [0.2, 0.25) is 0 Å². The van der Waals surface area contributed by atoms with Crippen LogP contribution in [0.3, 0.4) is 0 Å². The molecule has 1 aromatic heterocycles. The molecular weight excluding hydrogens is 342 g/mol. The smallest absolute Gasteiger partial charge is 0.0400 e. The Morgan fingerprint density at radius 2 is 1.88 bits per heavy atom. The first-order valence-corrected chi connectivity index (χ1v) is 8.64. The highest BCUT2D eigenvalue weighted by Crippen LogP contribution is 2.22. The quantitative estimate of drug-likeness (QED) is 0.677. The van der Waals surface area contributed by atoms with Gasteiger partial charge < -0.3 is 5.32 Å². The Labute approximate surface area is 162 Å². The van der Waals surface area contributed by atoms with Gasteiger partial charge >= 0.3 is 0 Å². The molecule has 0 amide bonds. The predicted octanol–water partition coefficient (Wildman–Crippen LogP) is 5.29. The maximum atomic E-state index is 4.17. The highest BCUT2D eigenvalue weighted by atomic mass is 35.5. The minimum absolute atomic E-state index is 0. The highest BCUT2D eigenvalue weighted by Gasteiger charge is 2.22. The molecule has 2 aromatic carbocycles. The summed E-state index contributed by atoms with van der Waals surface area (Å²) in [7, 11) is 0. The number of nitrogens with one attached hydrogen (secondary N) is 1. The van der Waals surface area contributed by atoms with E-state index in [1.807, 2.05) is 12.4 Å². The number of rotatable bonds is 4. The maximum absolute atomic E-state index is 4.17. The van der Waals surface area contributed by atoms with Crippen LogP contribution < -0.4 is 5.32 Å². The summed E-state index contributed by atoms with van der Waals surface area (Å²) in [4.78, 5) is 6.71. The van der Waals surface area contributed by atoms with Crippen molar-refractivity contribution in [2.75, 3.05) is 18.4 Å². The van der Waals surface area contributed by atoms with Gasteiger partial charge in [0.05, 0.1) is 0 Å². The molecular formula is C22H28ClN3. The summed E-state index contributed by atoms with van der Waals surface area (Å²) in [6, 6.07) is 18.0. The second-order valence-electron chi connectivity index (χ2n) is 6.79. The summed E-state index contributed by atoms with van der Waals surface area (Å²) in [5, 5.41) is 6.13. The van der Waals surface area contributed by atoms with Gasteiger partial charge in [0.1, 0.15) is 0 Å². The van der Waals surface area contributed by atoms with Crippen molar-refractivity contribution in [1.82, 2.24) is 9.88 Å². The number of halogens is 1. The Morgan fingerprint density at radius 3 is 2.69 bits per heavy atom. The zero-order valence-corrected chi connectivity index (χ0v) is 15.3. The fourth-order valence-electron chi connectivity index (χ4n) is 3.45. The van der Waals surface area contributed by atoms with Crippen LogP contribution in [0.15, 0.2) is 60.9 Å². The number of hydrogen-bond donors (Lipinski definition) is 1. The zero-order chi connectivity index (χ0) is 16.4. The fraction of sp³-hybridized carbons (Fsp3) is 0.318. The molecule has 138 valence electrons. The van der Waals surface area contributed by atoms with Crippen molar-refractivity contribution in [3.05, 3.63) is 72.1 Å². The molecule has 0 saturated carbocycles. The van der Waals surface area contributed by atoms with E-state index in [2.05, 4.69) is 70.7 Å². The summed E-state index contributed by atoms with van der Waals surface area (Å²) >= 11 is 0. The largest absolute Gasteiger partial charge is 0.381 e. The first-order chi connectivity index (χ1) is 11.8. The minimum Gasteiger partial charge on any atom is -0.381 e. The lowest BCUT2D eigenvalue weighted by molar-refractivity contribution is 0.328. The second-order valence-corrected chi connectivity index (χ2v) is 6.79. The zero-order valence-electron chi connectivity index (χ0n) is 14.5. The second kappa shape index (κ2) is 9.02. The van der Waals surface area contributed by atoms with Crippen molar-refractivity contribution in [2.45, 2.75) is 33.4 Å². The van der Waals surface area contributed by atoms with Gasteiger partial charge in [-0.25, -0.2) is 0 Å². The van der Waals surface area contributed by atoms with Gasteiger partial charge in [-0.2, -0.15) is 0 Å². The Balaban J connectivity index is 0.00000121. The number of benzene rings is 2. The third kappa shape index (κ3) is 4.75. The normalized spacial score (nSPS) is 16.7. The van der Waals surface area contributed by atoms with E-state index in [9.17, 15) is 0 Å². The molecule has 1 aliphatic heterocycles. The van der Waals surface area contributed by atoms with Crippen molar-refractivity contribution >= 4 is 28.9 Å². The van der Waals surface area contributed by atoms with Crippen molar-refractivity contribution in [1.29, 1.82) is 0 Å². The van der Waals surface area contributed by atoms with Gasteiger partial charge in [-0.1, -0.05) is 43.3 Å². The van der Waals surface area contributed by atoms with Crippen LogP contribution in [0.5, 0.6) is 0 Å². The number of hydrogen-bond acceptors (Lipinski definition) is 3. The molecule has 0 aliphatic carbocycles. The van der Waals surface area contributed by atoms with Crippen LogP contribution in [0.1, 0.15) is 25.0 Å². The van der Waals surface area contributed by atoms with E-state index in [-0.39, 0.29) is 19.8 Å². The lowest BCUT2D eigenvalue weighted by Gasteiger charge is -2.18. The van der Waals surface area contributed by atoms with E-state index >= 15 is 0 Å². The summed E-state index contributed by atoms with van der Waals surface area (Å²) in [6.07, 6.45) is 4.96. The summed E-state index contributed by atoms with van der Waals surface area (Å²) in [6.45, 7) is 5.44. The van der Waals surface area contributed by atoms with Crippen LogP contribution in [0.4, 0.5) is 5.69 Å². The van der Waals surface area contributed by atoms with Crippen LogP contribution in [0.25, 0.3) is 10.8 Å². The van der Waals surface area contributed by atoms with E-state index in [1.54, 1.807) is 0 Å². The third-order valence-corrected chi connectivity index (χ3v) is 4.81. The van der Waals surface area contributed by atoms with Gasteiger partial charge in [0, 0.05) is 49.1 Å². The van der Waals surface area contributed by atoms with E-state index in [0.717, 1.165) is 19.6 Å². The number of aromatic nitrogens is 1. The summed E-state index contributed by atoms with van der Waals surface area (Å²) < 4.78 is 0. The molecule has 4 rings (SSSR count). The van der Waals surface area contributed by atoms with Crippen LogP contribution in [-0.2, 0) is 6.54 Å². The van der Waals surface area contributed by atoms with Gasteiger partial charge in [0.25, 0.3) is 0 Å². The molecule has 3 nitrogen and oxygen atoms in total. The van der Waals surface area contributed by atoms with Crippen LogP contribution in [0, 0.1) is 6.92 Å². The number of fused-ring (bicyclic) bond motifs is 1. The predicted molar refractivity (Wildman–Crippen MR) is 114 cm³/mol. The molecule has 0 radical (unpaired) electrons. The van der Waals surface area contributed by atoms with Gasteiger partial charge in [-0.3, -0.25) is 9.88 Å². The third-order valence-electron chi connectivity index (χ3n) is 4.81. The Morgan fingerprint density at radius 1 is 1.08 bits per heavy atom. The molecule has 3 aromatic rings. The number of pyridine rings is 1. The SMILES string of the molecule is C.Cc1ccc(CN2CC[C@@H](Nc3ccc4cnccc4c3)C2)cc1.Cl. The van der Waals surface area contributed by atoms with Gasteiger partial charge in [0.15, 0.2) is 0 Å². The van der Waals surface area contributed by atoms with E-state index in [4.69, 9.17) is 0 Å². The molecule has 1 saturated heterocycles. The lowest BCUT2D eigenvalue weighted by Crippen LogP contribution is -2.25. The maximum Gasteiger partial charge on any atom is 0.0400 e. The molecule has 1 N–H and O–H groups in total. The first kappa shape index (κ1) is 20.2. The van der Waals surface area contributed by atoms with E-state index < -0.39 is 0 Å². The van der Waals surface area contributed by atoms with Crippen LogP contribution in [-0.4, -0.2) is 29.0 Å². The molecule has 1 aliphatic rings. The minimum atomic E-state index is 0. The van der Waals surface area contributed by atoms with Crippen molar-refractivity contribution in [3.8, 4) is 0 Å². The monoisotopic (exact) mass is 369 g/mol. The fourth-order valence-corrected chi connectivity index (χ4v) is 3.45. The van der Waals surface area contributed by atoms with Crippen molar-refractivity contribution in [3.63, 3.8) is 0 Å². The van der Waals surface area contributed by atoms with Crippen LogP contribution >= 0.6 is 12.4 Å². The molecule has 1 atom stereocenters. The Kier molecular flexibility index (Phi) is 7.01. The van der Waals surface area contributed by atoms with E-state index in [1.165, 1.54) is 34.0 Å². The van der Waals surface area contributed by atoms with Crippen molar-refractivity contribution in [2.24, 2.45) is 0 Å². The lowest BCUT2D eigenvalue weighted by atomic mass is 10.1. The summed E-state index contributed by atoms with van der Waals surface area (Å²) in [5.74, 6) is 0. The Bertz CT molecular complexity index is 832. The van der Waals surface area contributed by atoms with Crippen molar-refractivity contribution < 1.29 is 0 Å². The average molecular weight is 370 g/mol. The van der Waals surface area contributed by atoms with E-state index in [0.29, 0.717) is 6.04 Å². The molecule has 4 heteroatoms.